The molecule has 0 aromatic heterocycles. The maximum Gasteiger partial charge on any atom is 0.339 e. The molecule has 0 radical (unpaired) electrons. The minimum Gasteiger partial charge on any atom is -0.478 e. The van der Waals surface area contributed by atoms with E-state index in [-0.39, 0.29) is 17.7 Å². The molecule has 0 spiro atoms. The van der Waals surface area contributed by atoms with Crippen LogP contribution in [0, 0.1) is 0 Å². The zero-order valence-electron chi connectivity index (χ0n) is 11.9. The Labute approximate surface area is 127 Å². The maximum absolute atomic E-state index is 11.7. The van der Waals surface area contributed by atoms with Gasteiger partial charge in [-0.1, -0.05) is 0 Å². The van der Waals surface area contributed by atoms with Crippen molar-refractivity contribution in [2.45, 2.75) is 6.92 Å². The second-order valence-corrected chi connectivity index (χ2v) is 4.40. The van der Waals surface area contributed by atoms with Crippen LogP contribution in [0.5, 0.6) is 11.5 Å². The van der Waals surface area contributed by atoms with Gasteiger partial charge in [-0.3, -0.25) is 0 Å². The van der Waals surface area contributed by atoms with Crippen molar-refractivity contribution < 1.29 is 24.2 Å². The average Bonchev–Trinajstić information content (AvgIpc) is 2.49. The largest absolute Gasteiger partial charge is 0.478 e. The molecule has 0 saturated carbocycles. The van der Waals surface area contributed by atoms with E-state index < -0.39 is 11.9 Å². The summed E-state index contributed by atoms with van der Waals surface area (Å²) in [5.41, 5.74) is 5.99. The van der Waals surface area contributed by atoms with Crippen molar-refractivity contribution in [3.8, 4) is 11.5 Å². The summed E-state index contributed by atoms with van der Waals surface area (Å²) in [5.74, 6) is -1.10. The van der Waals surface area contributed by atoms with Crippen LogP contribution in [0.4, 0.5) is 5.69 Å². The summed E-state index contributed by atoms with van der Waals surface area (Å²) in [7, 11) is 0. The van der Waals surface area contributed by atoms with E-state index in [4.69, 9.17) is 15.2 Å². The molecule has 0 fully saturated rings. The van der Waals surface area contributed by atoms with Crippen LogP contribution in [-0.2, 0) is 4.74 Å². The predicted octanol–water partition coefficient (Wildman–Crippen LogP) is 2.94. The molecule has 0 atom stereocenters. The fourth-order valence-corrected chi connectivity index (χ4v) is 1.82. The molecule has 0 heterocycles. The molecule has 2 rings (SSSR count). The number of ether oxygens (including phenoxy) is 2. The summed E-state index contributed by atoms with van der Waals surface area (Å²) < 4.78 is 10.4. The Bertz CT molecular complexity index is 694. The van der Waals surface area contributed by atoms with Crippen molar-refractivity contribution >= 4 is 17.6 Å². The number of carbonyl (C=O) groups excluding carboxylic acids is 1. The number of carboxylic acids is 1. The van der Waals surface area contributed by atoms with Gasteiger partial charge in [-0.25, -0.2) is 9.59 Å². The van der Waals surface area contributed by atoms with Crippen LogP contribution >= 0.6 is 0 Å². The molecular formula is C16H15NO5. The number of nitrogen functional groups attached to an aromatic ring is 1. The van der Waals surface area contributed by atoms with Gasteiger partial charge in [0.25, 0.3) is 0 Å². The molecule has 0 aliphatic rings. The molecule has 2 aromatic carbocycles. The molecule has 0 amide bonds. The Balaban J connectivity index is 2.31. The third kappa shape index (κ3) is 3.54. The van der Waals surface area contributed by atoms with Gasteiger partial charge in [-0.2, -0.15) is 0 Å². The van der Waals surface area contributed by atoms with Crippen LogP contribution in [0.15, 0.2) is 42.5 Å². The van der Waals surface area contributed by atoms with Gasteiger partial charge in [0, 0.05) is 5.69 Å². The normalized spacial score (nSPS) is 10.0. The molecule has 3 N–H and O–H groups in total. The maximum atomic E-state index is 11.7. The Kier molecular flexibility index (Phi) is 4.63. The first-order valence-electron chi connectivity index (χ1n) is 6.59. The molecule has 0 aliphatic carbocycles. The fourth-order valence-electron chi connectivity index (χ4n) is 1.82. The summed E-state index contributed by atoms with van der Waals surface area (Å²) in [4.78, 5) is 23.0. The average molecular weight is 301 g/mol. The van der Waals surface area contributed by atoms with E-state index >= 15 is 0 Å². The third-order valence-corrected chi connectivity index (χ3v) is 2.83. The number of benzene rings is 2. The summed E-state index contributed by atoms with van der Waals surface area (Å²) in [6.45, 7) is 1.82. The van der Waals surface area contributed by atoms with Gasteiger partial charge >= 0.3 is 11.9 Å². The van der Waals surface area contributed by atoms with Crippen molar-refractivity contribution in [3.63, 3.8) is 0 Å². The number of carboxylic acid groups (broad SMARTS) is 1. The van der Waals surface area contributed by atoms with Crippen LogP contribution in [-0.4, -0.2) is 23.7 Å². The number of carbonyl (C=O) groups is 2. The van der Waals surface area contributed by atoms with Crippen molar-refractivity contribution in [2.75, 3.05) is 12.3 Å². The van der Waals surface area contributed by atoms with Crippen molar-refractivity contribution in [1.82, 2.24) is 0 Å². The highest BCUT2D eigenvalue weighted by Gasteiger charge is 2.18. The van der Waals surface area contributed by atoms with Gasteiger partial charge in [0.1, 0.15) is 11.5 Å². The molecule has 0 bridgehead atoms. The van der Waals surface area contributed by atoms with Crippen molar-refractivity contribution in [3.05, 3.63) is 53.6 Å². The molecule has 6 heteroatoms. The van der Waals surface area contributed by atoms with Crippen molar-refractivity contribution in [1.29, 1.82) is 0 Å². The predicted molar refractivity (Wildman–Crippen MR) is 80.3 cm³/mol. The molecule has 0 aliphatic heterocycles. The second-order valence-electron chi connectivity index (χ2n) is 4.40. The number of rotatable bonds is 5. The van der Waals surface area contributed by atoms with Crippen LogP contribution < -0.4 is 10.5 Å². The van der Waals surface area contributed by atoms with E-state index in [9.17, 15) is 14.7 Å². The smallest absolute Gasteiger partial charge is 0.339 e. The zero-order valence-corrected chi connectivity index (χ0v) is 11.9. The number of esters is 1. The second kappa shape index (κ2) is 6.62. The number of anilines is 1. The zero-order chi connectivity index (χ0) is 16.1. The number of nitrogens with two attached hydrogens (primary N) is 1. The van der Waals surface area contributed by atoms with Crippen molar-refractivity contribution in [2.24, 2.45) is 0 Å². The van der Waals surface area contributed by atoms with E-state index in [1.807, 2.05) is 0 Å². The summed E-state index contributed by atoms with van der Waals surface area (Å²) in [5, 5.41) is 9.23. The molecule has 2 aromatic rings. The lowest BCUT2D eigenvalue weighted by Crippen LogP contribution is -2.11. The quantitative estimate of drug-likeness (QED) is 0.650. The Hall–Kier alpha value is -3.02. The lowest BCUT2D eigenvalue weighted by atomic mass is 10.1. The third-order valence-electron chi connectivity index (χ3n) is 2.83. The molecule has 6 nitrogen and oxygen atoms in total. The van der Waals surface area contributed by atoms with Crippen LogP contribution in [0.1, 0.15) is 27.6 Å². The lowest BCUT2D eigenvalue weighted by Gasteiger charge is -2.10. The van der Waals surface area contributed by atoms with E-state index in [1.165, 1.54) is 18.2 Å². The van der Waals surface area contributed by atoms with Crippen LogP contribution in [0.25, 0.3) is 0 Å². The number of hydrogen-bond donors (Lipinski definition) is 2. The van der Waals surface area contributed by atoms with Crippen LogP contribution in [0.2, 0.25) is 0 Å². The molecule has 114 valence electrons. The highest BCUT2D eigenvalue weighted by atomic mass is 16.5. The highest BCUT2D eigenvalue weighted by Crippen LogP contribution is 2.25. The Morgan fingerprint density at radius 2 is 1.68 bits per heavy atom. The number of aromatic carboxylic acids is 1. The van der Waals surface area contributed by atoms with Gasteiger partial charge < -0.3 is 20.3 Å². The first kappa shape index (κ1) is 15.4. The molecule has 0 unspecified atom stereocenters. The fraction of sp³-hybridized carbons (Fsp3) is 0.125. The Morgan fingerprint density at radius 1 is 1.05 bits per heavy atom. The first-order chi connectivity index (χ1) is 10.5. The summed E-state index contributed by atoms with van der Waals surface area (Å²) >= 11 is 0. The Morgan fingerprint density at radius 3 is 2.27 bits per heavy atom. The lowest BCUT2D eigenvalue weighted by molar-refractivity contribution is 0.0514. The van der Waals surface area contributed by atoms with E-state index in [0.717, 1.165) is 0 Å². The first-order valence-corrected chi connectivity index (χ1v) is 6.59. The van der Waals surface area contributed by atoms with E-state index in [2.05, 4.69) is 0 Å². The SMILES string of the molecule is CCOC(=O)c1ccc(Oc2ccc(N)cc2)cc1C(=O)O. The minimum atomic E-state index is -1.23. The molecular weight excluding hydrogens is 286 g/mol. The van der Waals surface area contributed by atoms with Gasteiger partial charge in [-0.15, -0.1) is 0 Å². The van der Waals surface area contributed by atoms with Gasteiger partial charge in [-0.05, 0) is 49.4 Å². The summed E-state index contributed by atoms with van der Waals surface area (Å²) in [6.07, 6.45) is 0. The monoisotopic (exact) mass is 301 g/mol. The van der Waals surface area contributed by atoms with Crippen LogP contribution in [0.3, 0.4) is 0 Å². The van der Waals surface area contributed by atoms with Gasteiger partial charge in [0.05, 0.1) is 17.7 Å². The van der Waals surface area contributed by atoms with E-state index in [0.29, 0.717) is 17.2 Å². The minimum absolute atomic E-state index is 0.0148. The molecule has 0 saturated heterocycles. The van der Waals surface area contributed by atoms with Gasteiger partial charge in [0.15, 0.2) is 0 Å². The topological polar surface area (TPSA) is 98.9 Å². The van der Waals surface area contributed by atoms with Gasteiger partial charge in [0.2, 0.25) is 0 Å². The van der Waals surface area contributed by atoms with E-state index in [1.54, 1.807) is 31.2 Å². The number of hydrogen-bond acceptors (Lipinski definition) is 5. The summed E-state index contributed by atoms with van der Waals surface area (Å²) in [6, 6.07) is 10.8. The highest BCUT2D eigenvalue weighted by molar-refractivity contribution is 6.02. The standard InChI is InChI=1S/C16H15NO5/c1-2-21-16(20)13-8-7-12(9-14(13)15(18)19)22-11-5-3-10(17)4-6-11/h3-9H,2,17H2,1H3,(H,18,19). The molecule has 22 heavy (non-hydrogen) atoms.